The van der Waals surface area contributed by atoms with Gasteiger partial charge in [0.2, 0.25) is 0 Å². The largest absolute Gasteiger partial charge is 0.508 e. The summed E-state index contributed by atoms with van der Waals surface area (Å²) in [5, 5.41) is 12.7. The highest BCUT2D eigenvalue weighted by Crippen LogP contribution is 2.21. The van der Waals surface area contributed by atoms with Crippen molar-refractivity contribution in [3.8, 4) is 5.75 Å². The van der Waals surface area contributed by atoms with E-state index < -0.39 is 0 Å². The number of ether oxygens (including phenoxy) is 1. The molecule has 1 saturated heterocycles. The fourth-order valence-electron chi connectivity index (χ4n) is 2.40. The maximum Gasteiger partial charge on any atom is 0.188 e. The predicted octanol–water partition coefficient (Wildman–Crippen LogP) is 1.09. The minimum Gasteiger partial charge on any atom is -0.508 e. The van der Waals surface area contributed by atoms with Gasteiger partial charge in [-0.3, -0.25) is 0 Å². The first-order valence-corrected chi connectivity index (χ1v) is 6.03. The first kappa shape index (κ1) is 10.6. The molecule has 2 unspecified atom stereocenters. The molecule has 0 spiro atoms. The lowest BCUT2D eigenvalue weighted by Gasteiger charge is -2.23. The van der Waals surface area contributed by atoms with Crippen molar-refractivity contribution in [3.63, 3.8) is 0 Å². The van der Waals surface area contributed by atoms with Crippen LogP contribution in [0.4, 0.5) is 0 Å². The molecule has 2 aliphatic rings. The number of nitrogens with one attached hydrogen (secondary N) is 1. The van der Waals surface area contributed by atoms with Crippen LogP contribution in [0.1, 0.15) is 12.0 Å². The molecular formula is C13H16N2O2. The molecule has 90 valence electrons. The molecule has 2 N–H and O–H groups in total. The first-order chi connectivity index (χ1) is 8.31. The maximum absolute atomic E-state index is 9.40. The number of phenols is 1. The van der Waals surface area contributed by atoms with Gasteiger partial charge in [-0.15, -0.1) is 0 Å². The Morgan fingerprint density at radius 3 is 3.24 bits per heavy atom. The molecular weight excluding hydrogens is 216 g/mol. The van der Waals surface area contributed by atoms with E-state index in [9.17, 15) is 5.11 Å². The molecule has 2 atom stereocenters. The zero-order valence-electron chi connectivity index (χ0n) is 9.60. The quantitative estimate of drug-likeness (QED) is 0.802. The number of hydrogen-bond donors (Lipinski definition) is 2. The van der Waals surface area contributed by atoms with Crippen molar-refractivity contribution in [1.82, 2.24) is 5.32 Å². The minimum absolute atomic E-state index is 0.253. The molecule has 0 aromatic heterocycles. The lowest BCUT2D eigenvalue weighted by Crippen LogP contribution is -2.41. The van der Waals surface area contributed by atoms with Gasteiger partial charge in [-0.25, -0.2) is 4.99 Å². The summed E-state index contributed by atoms with van der Waals surface area (Å²) in [6.45, 7) is 1.92. The molecule has 0 amide bonds. The van der Waals surface area contributed by atoms with E-state index in [1.54, 1.807) is 12.1 Å². The van der Waals surface area contributed by atoms with E-state index in [1.807, 2.05) is 12.1 Å². The Labute approximate surface area is 100 Å². The third-order valence-corrected chi connectivity index (χ3v) is 3.25. The van der Waals surface area contributed by atoms with Crippen LogP contribution in [-0.2, 0) is 11.2 Å². The number of aliphatic imine (C=N–C) groups is 1. The number of nitrogens with zero attached hydrogens (tertiary/aromatic N) is 1. The van der Waals surface area contributed by atoms with Crippen LogP contribution in [-0.4, -0.2) is 36.2 Å². The van der Waals surface area contributed by atoms with Crippen molar-refractivity contribution in [3.05, 3.63) is 29.8 Å². The predicted molar refractivity (Wildman–Crippen MR) is 65.4 cm³/mol. The van der Waals surface area contributed by atoms with E-state index in [0.717, 1.165) is 31.0 Å². The molecule has 4 heteroatoms. The number of benzene rings is 1. The molecule has 4 nitrogen and oxygen atoms in total. The van der Waals surface area contributed by atoms with Gasteiger partial charge in [-0.05, 0) is 30.7 Å². The van der Waals surface area contributed by atoms with Gasteiger partial charge in [-0.1, -0.05) is 12.1 Å². The number of rotatable bonds is 2. The normalized spacial score (nSPS) is 27.2. The van der Waals surface area contributed by atoms with E-state index in [2.05, 4.69) is 10.3 Å². The summed E-state index contributed by atoms with van der Waals surface area (Å²) >= 11 is 0. The molecule has 1 fully saturated rings. The van der Waals surface area contributed by atoms with E-state index in [0.29, 0.717) is 12.2 Å². The van der Waals surface area contributed by atoms with Gasteiger partial charge in [-0.2, -0.15) is 0 Å². The van der Waals surface area contributed by atoms with E-state index >= 15 is 0 Å². The van der Waals surface area contributed by atoms with Crippen LogP contribution in [0.25, 0.3) is 0 Å². The average Bonchev–Trinajstić information content (AvgIpc) is 2.71. The molecule has 0 bridgehead atoms. The summed E-state index contributed by atoms with van der Waals surface area (Å²) in [7, 11) is 0. The van der Waals surface area contributed by atoms with Crippen molar-refractivity contribution < 1.29 is 9.84 Å². The Kier molecular flexibility index (Phi) is 2.73. The SMILES string of the molecule is Oc1cccc(CC2=NC3CNCCC3O2)c1. The lowest BCUT2D eigenvalue weighted by atomic mass is 10.1. The number of aromatic hydroxyl groups is 1. The summed E-state index contributed by atoms with van der Waals surface area (Å²) in [6.07, 6.45) is 1.95. The molecule has 1 aromatic rings. The van der Waals surface area contributed by atoms with Gasteiger partial charge in [0.05, 0.1) is 0 Å². The van der Waals surface area contributed by atoms with Gasteiger partial charge in [0.1, 0.15) is 17.9 Å². The highest BCUT2D eigenvalue weighted by atomic mass is 16.5. The monoisotopic (exact) mass is 232 g/mol. The van der Waals surface area contributed by atoms with E-state index in [1.165, 1.54) is 0 Å². The van der Waals surface area contributed by atoms with E-state index in [-0.39, 0.29) is 12.1 Å². The number of phenolic OH excluding ortho intramolecular Hbond substituents is 1. The number of piperidine rings is 1. The zero-order chi connectivity index (χ0) is 11.7. The highest BCUT2D eigenvalue weighted by molar-refractivity contribution is 5.80. The standard InChI is InChI=1S/C13H16N2O2/c16-10-3-1-2-9(6-10)7-13-15-11-8-14-5-4-12(11)17-13/h1-3,6,11-12,14,16H,4-5,7-8H2. The van der Waals surface area contributed by atoms with Crippen LogP contribution in [0, 0.1) is 0 Å². The van der Waals surface area contributed by atoms with Crippen LogP contribution in [0.2, 0.25) is 0 Å². The van der Waals surface area contributed by atoms with Crippen molar-refractivity contribution in [2.45, 2.75) is 25.0 Å². The fourth-order valence-corrected chi connectivity index (χ4v) is 2.40. The molecule has 2 aliphatic heterocycles. The van der Waals surface area contributed by atoms with Crippen LogP contribution in [0.15, 0.2) is 29.3 Å². The Bertz CT molecular complexity index is 445. The third-order valence-electron chi connectivity index (χ3n) is 3.25. The van der Waals surface area contributed by atoms with Crippen molar-refractivity contribution in [2.24, 2.45) is 4.99 Å². The lowest BCUT2D eigenvalue weighted by molar-refractivity contribution is 0.158. The van der Waals surface area contributed by atoms with Crippen LogP contribution in [0.3, 0.4) is 0 Å². The second kappa shape index (κ2) is 4.37. The van der Waals surface area contributed by atoms with Gasteiger partial charge < -0.3 is 15.2 Å². The summed E-state index contributed by atoms with van der Waals surface area (Å²) in [6, 6.07) is 7.52. The van der Waals surface area contributed by atoms with Gasteiger partial charge in [0.15, 0.2) is 5.90 Å². The summed E-state index contributed by atoms with van der Waals surface area (Å²) in [5.41, 5.74) is 1.04. The van der Waals surface area contributed by atoms with Gasteiger partial charge in [0, 0.05) is 13.0 Å². The molecule has 0 aliphatic carbocycles. The summed E-state index contributed by atoms with van der Waals surface area (Å²) < 4.78 is 5.84. The zero-order valence-corrected chi connectivity index (χ0v) is 9.60. The molecule has 0 radical (unpaired) electrons. The first-order valence-electron chi connectivity index (χ1n) is 6.03. The Morgan fingerprint density at radius 1 is 1.47 bits per heavy atom. The summed E-state index contributed by atoms with van der Waals surface area (Å²) in [5.74, 6) is 1.09. The minimum atomic E-state index is 0.253. The molecule has 3 rings (SSSR count). The molecule has 17 heavy (non-hydrogen) atoms. The Balaban J connectivity index is 1.70. The molecule has 2 heterocycles. The second-order valence-corrected chi connectivity index (χ2v) is 4.59. The maximum atomic E-state index is 9.40. The van der Waals surface area contributed by atoms with Crippen LogP contribution < -0.4 is 5.32 Å². The van der Waals surface area contributed by atoms with Gasteiger partial charge >= 0.3 is 0 Å². The summed E-state index contributed by atoms with van der Waals surface area (Å²) in [4.78, 5) is 4.59. The second-order valence-electron chi connectivity index (χ2n) is 4.59. The fraction of sp³-hybridized carbons (Fsp3) is 0.462. The van der Waals surface area contributed by atoms with Crippen LogP contribution >= 0.6 is 0 Å². The number of hydrogen-bond acceptors (Lipinski definition) is 4. The highest BCUT2D eigenvalue weighted by Gasteiger charge is 2.32. The smallest absolute Gasteiger partial charge is 0.188 e. The van der Waals surface area contributed by atoms with Crippen molar-refractivity contribution >= 4 is 5.90 Å². The average molecular weight is 232 g/mol. The third kappa shape index (κ3) is 2.26. The topological polar surface area (TPSA) is 53.9 Å². The van der Waals surface area contributed by atoms with E-state index in [4.69, 9.17) is 4.74 Å². The van der Waals surface area contributed by atoms with Gasteiger partial charge in [0.25, 0.3) is 0 Å². The van der Waals surface area contributed by atoms with Crippen molar-refractivity contribution in [1.29, 1.82) is 0 Å². The van der Waals surface area contributed by atoms with Crippen LogP contribution in [0.5, 0.6) is 5.75 Å². The number of fused-ring (bicyclic) bond motifs is 1. The molecule has 0 saturated carbocycles. The Morgan fingerprint density at radius 2 is 2.41 bits per heavy atom. The van der Waals surface area contributed by atoms with Crippen molar-refractivity contribution in [2.75, 3.05) is 13.1 Å². The Hall–Kier alpha value is -1.55. The molecule has 1 aromatic carbocycles.